The Morgan fingerprint density at radius 1 is 1.20 bits per heavy atom. The Bertz CT molecular complexity index is 834. The summed E-state index contributed by atoms with van der Waals surface area (Å²) in [7, 11) is -3.78. The highest BCUT2D eigenvalue weighted by molar-refractivity contribution is 7.89. The van der Waals surface area contributed by atoms with Crippen LogP contribution < -0.4 is 4.74 Å². The van der Waals surface area contributed by atoms with Gasteiger partial charge in [0.05, 0.1) is 6.61 Å². The lowest BCUT2D eigenvalue weighted by atomic mass is 9.99. The van der Waals surface area contributed by atoms with Crippen molar-refractivity contribution in [3.8, 4) is 5.88 Å². The van der Waals surface area contributed by atoms with E-state index in [0.29, 0.717) is 38.4 Å². The summed E-state index contributed by atoms with van der Waals surface area (Å²) >= 11 is 0. The van der Waals surface area contributed by atoms with Crippen molar-refractivity contribution in [1.29, 1.82) is 0 Å². The molecule has 0 atom stereocenters. The molecule has 1 aliphatic rings. The fourth-order valence-electron chi connectivity index (χ4n) is 2.93. The summed E-state index contributed by atoms with van der Waals surface area (Å²) < 4.78 is 46.1. The van der Waals surface area contributed by atoms with Gasteiger partial charge >= 0.3 is 0 Å². The van der Waals surface area contributed by atoms with Crippen molar-refractivity contribution < 1.29 is 17.5 Å². The molecule has 25 heavy (non-hydrogen) atoms. The van der Waals surface area contributed by atoms with E-state index in [0.717, 1.165) is 5.56 Å². The number of hydrogen-bond donors (Lipinski definition) is 0. The van der Waals surface area contributed by atoms with Gasteiger partial charge in [-0.15, -0.1) is 0 Å². The van der Waals surface area contributed by atoms with Gasteiger partial charge < -0.3 is 4.74 Å². The minimum atomic E-state index is -3.78. The van der Waals surface area contributed by atoms with Crippen LogP contribution in [0.25, 0.3) is 0 Å². The average Bonchev–Trinajstić information content (AvgIpc) is 2.61. The first kappa shape index (κ1) is 17.8. The van der Waals surface area contributed by atoms with Crippen molar-refractivity contribution in [3.05, 3.63) is 54.0 Å². The molecule has 2 heterocycles. The van der Waals surface area contributed by atoms with Crippen LogP contribution in [0, 0.1) is 18.7 Å². The second-order valence-electron chi connectivity index (χ2n) is 6.21. The lowest BCUT2D eigenvalue weighted by Gasteiger charge is -2.31. The van der Waals surface area contributed by atoms with Gasteiger partial charge in [-0.25, -0.2) is 17.8 Å². The van der Waals surface area contributed by atoms with E-state index in [1.807, 2.05) is 19.1 Å². The Morgan fingerprint density at radius 3 is 2.60 bits per heavy atom. The minimum Gasteiger partial charge on any atom is -0.477 e. The van der Waals surface area contributed by atoms with E-state index >= 15 is 0 Å². The van der Waals surface area contributed by atoms with Crippen LogP contribution in [0.15, 0.2) is 47.5 Å². The summed E-state index contributed by atoms with van der Waals surface area (Å²) in [6, 6.07) is 9.29. The zero-order valence-electron chi connectivity index (χ0n) is 14.1. The lowest BCUT2D eigenvalue weighted by Crippen LogP contribution is -2.40. The lowest BCUT2D eigenvalue weighted by molar-refractivity contribution is 0.180. The number of benzene rings is 1. The number of aromatic nitrogens is 1. The van der Waals surface area contributed by atoms with Crippen LogP contribution in [0.4, 0.5) is 4.39 Å². The number of piperidine rings is 1. The van der Waals surface area contributed by atoms with Crippen LogP contribution in [0.1, 0.15) is 18.4 Å². The predicted molar refractivity (Wildman–Crippen MR) is 92.4 cm³/mol. The molecular weight excluding hydrogens is 343 g/mol. The van der Waals surface area contributed by atoms with E-state index in [-0.39, 0.29) is 10.8 Å². The molecule has 134 valence electrons. The van der Waals surface area contributed by atoms with E-state index in [1.54, 1.807) is 6.20 Å². The van der Waals surface area contributed by atoms with E-state index < -0.39 is 15.8 Å². The standard InChI is InChI=1S/C18H21FN2O3S/c1-14-5-4-10-20-18(14)24-13-15-8-11-21(12-9-15)25(22,23)17-7-3-2-6-16(17)19/h2-7,10,15H,8-9,11-13H2,1H3. The minimum absolute atomic E-state index is 0.256. The molecule has 5 nitrogen and oxygen atoms in total. The largest absolute Gasteiger partial charge is 0.477 e. The Morgan fingerprint density at radius 2 is 1.92 bits per heavy atom. The highest BCUT2D eigenvalue weighted by Crippen LogP contribution is 2.26. The number of sulfonamides is 1. The number of pyridine rings is 1. The van der Waals surface area contributed by atoms with Gasteiger partial charge in [-0.2, -0.15) is 4.31 Å². The SMILES string of the molecule is Cc1cccnc1OCC1CCN(S(=O)(=O)c2ccccc2F)CC1. The smallest absolute Gasteiger partial charge is 0.245 e. The van der Waals surface area contributed by atoms with Crippen LogP contribution >= 0.6 is 0 Å². The molecule has 1 saturated heterocycles. The molecule has 0 radical (unpaired) electrons. The summed E-state index contributed by atoms with van der Waals surface area (Å²) in [5.41, 5.74) is 0.974. The van der Waals surface area contributed by atoms with Crippen molar-refractivity contribution >= 4 is 10.0 Å². The third-order valence-electron chi connectivity index (χ3n) is 4.45. The Kier molecular flexibility index (Phi) is 5.34. The number of nitrogens with zero attached hydrogens (tertiary/aromatic N) is 2. The van der Waals surface area contributed by atoms with Gasteiger partial charge in [0, 0.05) is 24.8 Å². The number of hydrogen-bond acceptors (Lipinski definition) is 4. The third kappa shape index (κ3) is 3.99. The molecule has 0 N–H and O–H groups in total. The first-order chi connectivity index (χ1) is 12.0. The maximum absolute atomic E-state index is 13.8. The monoisotopic (exact) mass is 364 g/mol. The molecule has 0 aliphatic carbocycles. The molecule has 7 heteroatoms. The molecule has 0 saturated carbocycles. The normalized spacial score (nSPS) is 16.7. The van der Waals surface area contributed by atoms with Crippen LogP contribution in [0.2, 0.25) is 0 Å². The number of halogens is 1. The van der Waals surface area contributed by atoms with Gasteiger partial charge in [0.2, 0.25) is 15.9 Å². The van der Waals surface area contributed by atoms with Crippen LogP contribution in [0.5, 0.6) is 5.88 Å². The Labute approximate surface area is 147 Å². The first-order valence-corrected chi connectivity index (χ1v) is 9.71. The summed E-state index contributed by atoms with van der Waals surface area (Å²) in [5.74, 6) is 0.163. The van der Waals surface area contributed by atoms with Crippen LogP contribution in [0.3, 0.4) is 0 Å². The summed E-state index contributed by atoms with van der Waals surface area (Å²) in [6.45, 7) is 3.18. The zero-order valence-corrected chi connectivity index (χ0v) is 14.9. The maximum Gasteiger partial charge on any atom is 0.245 e. The van der Waals surface area contributed by atoms with Gasteiger partial charge in [0.25, 0.3) is 0 Å². The Balaban J connectivity index is 1.59. The van der Waals surface area contributed by atoms with Crippen LogP contribution in [-0.2, 0) is 10.0 Å². The molecule has 0 amide bonds. The molecule has 2 aromatic rings. The van der Waals surface area contributed by atoms with Gasteiger partial charge in [0.1, 0.15) is 10.7 Å². The molecule has 0 spiro atoms. The zero-order chi connectivity index (χ0) is 17.9. The number of rotatable bonds is 5. The van der Waals surface area contributed by atoms with E-state index in [4.69, 9.17) is 4.74 Å². The van der Waals surface area contributed by atoms with Crippen molar-refractivity contribution in [3.63, 3.8) is 0 Å². The molecular formula is C18H21FN2O3S. The number of aryl methyl sites for hydroxylation is 1. The summed E-state index contributed by atoms with van der Waals surface area (Å²) in [4.78, 5) is 3.94. The molecule has 1 aromatic carbocycles. The van der Waals surface area contributed by atoms with Gasteiger partial charge in [0.15, 0.2) is 0 Å². The first-order valence-electron chi connectivity index (χ1n) is 8.27. The second kappa shape index (κ2) is 7.49. The quantitative estimate of drug-likeness (QED) is 0.818. The van der Waals surface area contributed by atoms with Crippen molar-refractivity contribution in [2.45, 2.75) is 24.7 Å². The van der Waals surface area contributed by atoms with E-state index in [9.17, 15) is 12.8 Å². The second-order valence-corrected chi connectivity index (χ2v) is 8.12. The molecule has 1 aliphatic heterocycles. The highest BCUT2D eigenvalue weighted by atomic mass is 32.2. The highest BCUT2D eigenvalue weighted by Gasteiger charge is 2.31. The summed E-state index contributed by atoms with van der Waals surface area (Å²) in [5, 5.41) is 0. The molecule has 1 aromatic heterocycles. The number of ether oxygens (including phenoxy) is 1. The van der Waals surface area contributed by atoms with Gasteiger partial charge in [-0.1, -0.05) is 18.2 Å². The van der Waals surface area contributed by atoms with Crippen LogP contribution in [-0.4, -0.2) is 37.4 Å². The van der Waals surface area contributed by atoms with E-state index in [2.05, 4.69) is 4.98 Å². The molecule has 1 fully saturated rings. The van der Waals surface area contributed by atoms with Gasteiger partial charge in [-0.05, 0) is 43.9 Å². The summed E-state index contributed by atoms with van der Waals surface area (Å²) in [6.07, 6.45) is 3.05. The molecule has 0 bridgehead atoms. The topological polar surface area (TPSA) is 59.5 Å². The van der Waals surface area contributed by atoms with Crippen molar-refractivity contribution in [2.75, 3.05) is 19.7 Å². The maximum atomic E-state index is 13.8. The van der Waals surface area contributed by atoms with Crippen molar-refractivity contribution in [1.82, 2.24) is 9.29 Å². The van der Waals surface area contributed by atoms with E-state index in [1.165, 1.54) is 28.6 Å². The fourth-order valence-corrected chi connectivity index (χ4v) is 4.46. The third-order valence-corrected chi connectivity index (χ3v) is 6.38. The van der Waals surface area contributed by atoms with Crippen molar-refractivity contribution in [2.24, 2.45) is 5.92 Å². The van der Waals surface area contributed by atoms with Gasteiger partial charge in [-0.3, -0.25) is 0 Å². The predicted octanol–water partition coefficient (Wildman–Crippen LogP) is 3.01. The fraction of sp³-hybridized carbons (Fsp3) is 0.389. The Hall–Kier alpha value is -1.99. The molecule has 3 rings (SSSR count). The molecule has 0 unspecified atom stereocenters. The average molecular weight is 364 g/mol.